The quantitative estimate of drug-likeness (QED) is 0.546. The number of rotatable bonds is 3. The topological polar surface area (TPSA) is 90.0 Å². The summed E-state index contributed by atoms with van der Waals surface area (Å²) in [6, 6.07) is 17.6. The van der Waals surface area contributed by atoms with Gasteiger partial charge in [-0.25, -0.2) is 0 Å². The van der Waals surface area contributed by atoms with Crippen LogP contribution in [0.25, 0.3) is 21.7 Å². The Morgan fingerprint density at radius 3 is 2.52 bits per heavy atom. The van der Waals surface area contributed by atoms with Crippen molar-refractivity contribution >= 4 is 33.3 Å². The van der Waals surface area contributed by atoms with Crippen LogP contribution in [0.15, 0.2) is 70.9 Å². The molecule has 0 saturated carbocycles. The molecule has 27 heavy (non-hydrogen) atoms. The lowest BCUT2D eigenvalue weighted by Gasteiger charge is -2.13. The molecule has 0 aliphatic heterocycles. The third-order valence-electron chi connectivity index (χ3n) is 4.58. The number of nitrogens with zero attached hydrogens (tertiary/aromatic N) is 3. The minimum Gasteiger partial charge on any atom is -0.872 e. The Morgan fingerprint density at radius 2 is 1.74 bits per heavy atom. The third kappa shape index (κ3) is 2.71. The van der Waals surface area contributed by atoms with E-state index in [-0.39, 0.29) is 22.9 Å². The van der Waals surface area contributed by atoms with Gasteiger partial charge in [-0.2, -0.15) is 0 Å². The lowest BCUT2D eigenvalue weighted by atomic mass is 10.1. The van der Waals surface area contributed by atoms with Crippen LogP contribution >= 0.6 is 0 Å². The van der Waals surface area contributed by atoms with Crippen molar-refractivity contribution in [3.8, 4) is 11.6 Å². The second-order valence-electron chi connectivity index (χ2n) is 6.10. The first kappa shape index (κ1) is 16.8. The summed E-state index contributed by atoms with van der Waals surface area (Å²) < 4.78 is 1.68. The van der Waals surface area contributed by atoms with Crippen LogP contribution in [0.2, 0.25) is 0 Å². The highest BCUT2D eigenvalue weighted by Gasteiger charge is 2.16. The van der Waals surface area contributed by atoms with Gasteiger partial charge in [0.2, 0.25) is 5.88 Å². The number of aromatic hydroxyl groups is 1. The number of azo groups is 1. The molecule has 6 heteroatoms. The van der Waals surface area contributed by atoms with E-state index in [1.165, 1.54) is 6.07 Å². The maximum atomic E-state index is 12.5. The predicted octanol–water partition coefficient (Wildman–Crippen LogP) is 4.52. The predicted molar refractivity (Wildman–Crippen MR) is 102 cm³/mol. The van der Waals surface area contributed by atoms with Crippen LogP contribution in [0, 0.1) is 0 Å². The molecule has 1 amide bonds. The van der Waals surface area contributed by atoms with Crippen molar-refractivity contribution in [1.82, 2.24) is 4.57 Å². The minimum atomic E-state index is -0.738. The van der Waals surface area contributed by atoms with Crippen LogP contribution in [0.3, 0.4) is 0 Å². The monoisotopic (exact) mass is 358 g/mol. The molecule has 0 saturated heterocycles. The Kier molecular flexibility index (Phi) is 4.08. The molecule has 0 unspecified atom stereocenters. The summed E-state index contributed by atoms with van der Waals surface area (Å²) in [5.41, 5.74) is 0.972. The van der Waals surface area contributed by atoms with Crippen LogP contribution in [-0.2, 0) is 6.54 Å². The largest absolute Gasteiger partial charge is 0.872 e. The number of carbonyl (C=O) groups excluding carboxylic acids is 1. The first-order valence-electron chi connectivity index (χ1n) is 8.57. The van der Waals surface area contributed by atoms with Gasteiger partial charge in [0.1, 0.15) is 0 Å². The second kappa shape index (κ2) is 6.57. The molecule has 0 fully saturated rings. The molecule has 4 rings (SSSR count). The summed E-state index contributed by atoms with van der Waals surface area (Å²) >= 11 is 0. The summed E-state index contributed by atoms with van der Waals surface area (Å²) in [6.07, 6.45) is 0. The summed E-state index contributed by atoms with van der Waals surface area (Å²) in [5.74, 6) is -1.17. The highest BCUT2D eigenvalue weighted by atomic mass is 16.3. The third-order valence-corrected chi connectivity index (χ3v) is 4.58. The molecule has 1 N–H and O–H groups in total. The van der Waals surface area contributed by atoms with E-state index in [0.717, 1.165) is 10.9 Å². The lowest BCUT2D eigenvalue weighted by Crippen LogP contribution is -2.03. The van der Waals surface area contributed by atoms with Gasteiger partial charge in [-0.15, -0.1) is 10.2 Å². The molecular weight excluding hydrogens is 342 g/mol. The van der Waals surface area contributed by atoms with Gasteiger partial charge >= 0.3 is 0 Å². The first-order chi connectivity index (χ1) is 13.1. The highest BCUT2D eigenvalue weighted by Crippen LogP contribution is 2.38. The summed E-state index contributed by atoms with van der Waals surface area (Å²) in [7, 11) is 0. The number of para-hydroxylation sites is 1. The summed E-state index contributed by atoms with van der Waals surface area (Å²) in [5, 5.41) is 32.5. The van der Waals surface area contributed by atoms with Gasteiger partial charge in [0.15, 0.2) is 5.69 Å². The molecule has 0 aliphatic carbocycles. The van der Waals surface area contributed by atoms with Gasteiger partial charge in [-0.1, -0.05) is 54.3 Å². The minimum absolute atomic E-state index is 0.0452. The molecule has 3 aromatic carbocycles. The van der Waals surface area contributed by atoms with Crippen LogP contribution < -0.4 is 5.11 Å². The maximum absolute atomic E-state index is 12.5. The smallest absolute Gasteiger partial charge is 0.294 e. The average Bonchev–Trinajstić information content (AvgIpc) is 2.97. The summed E-state index contributed by atoms with van der Waals surface area (Å²) in [4.78, 5) is 12.5. The van der Waals surface area contributed by atoms with Crippen LogP contribution in [0.5, 0.6) is 11.6 Å². The normalized spacial score (nSPS) is 11.6. The van der Waals surface area contributed by atoms with E-state index in [9.17, 15) is 15.0 Å². The molecule has 1 heterocycles. The molecule has 0 atom stereocenters. The van der Waals surface area contributed by atoms with Crippen molar-refractivity contribution in [3.63, 3.8) is 0 Å². The molecule has 0 aliphatic rings. The van der Waals surface area contributed by atoms with Gasteiger partial charge in [0, 0.05) is 17.5 Å². The first-order valence-corrected chi connectivity index (χ1v) is 8.57. The lowest BCUT2D eigenvalue weighted by molar-refractivity contribution is -0.266. The van der Waals surface area contributed by atoms with Crippen molar-refractivity contribution in [3.05, 3.63) is 66.2 Å². The number of hydrogen-bond acceptors (Lipinski definition) is 4. The highest BCUT2D eigenvalue weighted by molar-refractivity contribution is 6.04. The van der Waals surface area contributed by atoms with E-state index >= 15 is 0 Å². The fourth-order valence-corrected chi connectivity index (χ4v) is 3.25. The van der Waals surface area contributed by atoms with E-state index in [1.54, 1.807) is 28.8 Å². The van der Waals surface area contributed by atoms with Crippen molar-refractivity contribution in [2.45, 2.75) is 13.5 Å². The van der Waals surface area contributed by atoms with E-state index in [0.29, 0.717) is 17.3 Å². The number of amides is 1. The van der Waals surface area contributed by atoms with E-state index in [1.807, 2.05) is 37.3 Å². The molecule has 6 nitrogen and oxygen atoms in total. The van der Waals surface area contributed by atoms with Crippen molar-refractivity contribution in [1.29, 1.82) is 0 Å². The van der Waals surface area contributed by atoms with Crippen LogP contribution in [0.4, 0.5) is 5.69 Å². The fraction of sp³-hybridized carbons (Fsp3) is 0.0952. The zero-order valence-electron chi connectivity index (χ0n) is 14.6. The number of fused-ring (bicyclic) bond motifs is 2. The van der Waals surface area contributed by atoms with E-state index in [2.05, 4.69) is 10.2 Å². The zero-order valence-corrected chi connectivity index (χ0v) is 14.6. The number of benzene rings is 3. The molecule has 0 radical (unpaired) electrons. The zero-order chi connectivity index (χ0) is 19.0. The molecule has 0 bridgehead atoms. The van der Waals surface area contributed by atoms with E-state index < -0.39 is 5.91 Å². The second-order valence-corrected chi connectivity index (χ2v) is 6.10. The Labute approximate surface area is 155 Å². The van der Waals surface area contributed by atoms with Gasteiger partial charge < -0.3 is 14.8 Å². The number of carbonyl (C=O) groups is 1. The van der Waals surface area contributed by atoms with Crippen molar-refractivity contribution in [2.24, 2.45) is 10.2 Å². The van der Waals surface area contributed by atoms with Crippen molar-refractivity contribution in [2.75, 3.05) is 0 Å². The van der Waals surface area contributed by atoms with Gasteiger partial charge in [0.05, 0.1) is 5.52 Å². The maximum Gasteiger partial charge on any atom is 0.294 e. The van der Waals surface area contributed by atoms with Crippen LogP contribution in [0.1, 0.15) is 17.3 Å². The standard InChI is InChI=1S/C21H17N3O3/c1-2-24-17-10-6-5-9-15(17)18(21(24)27)22-23-20(26)16-12-11-13-7-3-4-8-14(13)19(16)25/h3-12,25,27H,2H2,1H3/p-1. The number of hydrogen-bond donors (Lipinski definition) is 1. The molecule has 1 aromatic heterocycles. The number of aromatic nitrogens is 1. The molecular formula is C21H16N3O3-. The fourth-order valence-electron chi connectivity index (χ4n) is 3.25. The van der Waals surface area contributed by atoms with E-state index in [4.69, 9.17) is 0 Å². The Balaban J connectivity index is 1.76. The average molecular weight is 358 g/mol. The number of aryl methyl sites for hydroxylation is 1. The van der Waals surface area contributed by atoms with Gasteiger partial charge in [-0.05, 0) is 29.8 Å². The SMILES string of the molecule is CCn1c(O)c(N=NC(=O)c2ccc3ccccc3c2[O-])c2ccccc21. The molecule has 0 spiro atoms. The van der Waals surface area contributed by atoms with Gasteiger partial charge in [0.25, 0.3) is 5.91 Å². The Hall–Kier alpha value is -3.67. The Morgan fingerprint density at radius 1 is 1.04 bits per heavy atom. The molecule has 4 aromatic rings. The Bertz CT molecular complexity index is 1210. The van der Waals surface area contributed by atoms with Gasteiger partial charge in [-0.3, -0.25) is 4.79 Å². The van der Waals surface area contributed by atoms with Crippen molar-refractivity contribution < 1.29 is 15.0 Å². The summed E-state index contributed by atoms with van der Waals surface area (Å²) in [6.45, 7) is 2.45. The molecule has 134 valence electrons. The van der Waals surface area contributed by atoms with Crippen LogP contribution in [-0.4, -0.2) is 15.6 Å².